The molecule has 1 saturated carbocycles. The summed E-state index contributed by atoms with van der Waals surface area (Å²) in [7, 11) is -2.31. The minimum atomic E-state index is -4.49. The zero-order valence-electron chi connectivity index (χ0n) is 13.7. The lowest BCUT2D eigenvalue weighted by atomic mass is 9.87. The van der Waals surface area contributed by atoms with Crippen molar-refractivity contribution in [1.29, 1.82) is 0 Å². The molecule has 0 amide bonds. The molecule has 1 fully saturated rings. The van der Waals surface area contributed by atoms with Crippen molar-refractivity contribution < 1.29 is 31.4 Å². The number of nitrogens with zero attached hydrogens (tertiary/aromatic N) is 2. The van der Waals surface area contributed by atoms with Crippen LogP contribution in [-0.4, -0.2) is 55.3 Å². The number of hydrogen-bond donors (Lipinski definition) is 1. The molecule has 1 heterocycles. The second-order valence-corrected chi connectivity index (χ2v) is 8.11. The van der Waals surface area contributed by atoms with Crippen LogP contribution in [0.5, 0.6) is 5.88 Å². The van der Waals surface area contributed by atoms with Crippen molar-refractivity contribution in [2.24, 2.45) is 5.92 Å². The summed E-state index contributed by atoms with van der Waals surface area (Å²) in [5.74, 6) is -0.0820. The van der Waals surface area contributed by atoms with Gasteiger partial charge in [0.05, 0.1) is 6.20 Å². The van der Waals surface area contributed by atoms with E-state index in [1.165, 1.54) is 17.4 Å². The Hall–Kier alpha value is -1.39. The van der Waals surface area contributed by atoms with Crippen molar-refractivity contribution in [2.45, 2.75) is 42.8 Å². The van der Waals surface area contributed by atoms with Gasteiger partial charge in [-0.25, -0.2) is 13.4 Å². The van der Waals surface area contributed by atoms with Gasteiger partial charge in [0.25, 0.3) is 0 Å². The number of halogens is 3. The van der Waals surface area contributed by atoms with E-state index >= 15 is 0 Å². The summed E-state index contributed by atoms with van der Waals surface area (Å²) >= 11 is 0. The number of alkyl halides is 3. The minimum absolute atomic E-state index is 0.0985. The van der Waals surface area contributed by atoms with Crippen LogP contribution in [0.1, 0.15) is 25.7 Å². The van der Waals surface area contributed by atoms with Gasteiger partial charge in [0.2, 0.25) is 15.9 Å². The molecule has 0 aromatic carbocycles. The summed E-state index contributed by atoms with van der Waals surface area (Å²) in [6.07, 6.45) is -0.674. The van der Waals surface area contributed by atoms with Gasteiger partial charge in [-0.1, -0.05) is 0 Å². The van der Waals surface area contributed by atoms with Gasteiger partial charge in [-0.05, 0) is 37.7 Å². The van der Waals surface area contributed by atoms with E-state index < -0.39 is 22.8 Å². The molecular formula is C15H21F3N2O4S. The number of aliphatic hydroxyl groups is 1. The average Bonchev–Trinajstić information content (AvgIpc) is 2.59. The Morgan fingerprint density at radius 3 is 2.40 bits per heavy atom. The highest BCUT2D eigenvalue weighted by Gasteiger charge is 2.32. The maximum atomic E-state index is 12.6. The fourth-order valence-electron chi connectivity index (χ4n) is 2.81. The summed E-state index contributed by atoms with van der Waals surface area (Å²) in [5.41, 5.74) is 0. The van der Waals surface area contributed by atoms with Gasteiger partial charge in [0.15, 0.2) is 6.61 Å². The minimum Gasteiger partial charge on any atom is -0.468 e. The van der Waals surface area contributed by atoms with Gasteiger partial charge >= 0.3 is 6.18 Å². The van der Waals surface area contributed by atoms with Gasteiger partial charge in [0.1, 0.15) is 4.90 Å². The highest BCUT2D eigenvalue weighted by Crippen LogP contribution is 2.30. The fourth-order valence-corrected chi connectivity index (χ4v) is 4.18. The Labute approximate surface area is 144 Å². The predicted molar refractivity (Wildman–Crippen MR) is 83.6 cm³/mol. The first-order valence-corrected chi connectivity index (χ1v) is 9.32. The number of sulfonamides is 1. The molecule has 6 nitrogen and oxygen atoms in total. The molecule has 0 bridgehead atoms. The monoisotopic (exact) mass is 382 g/mol. The molecule has 1 aromatic heterocycles. The maximum absolute atomic E-state index is 12.6. The third-order valence-electron chi connectivity index (χ3n) is 4.36. The van der Waals surface area contributed by atoms with Crippen LogP contribution in [0.2, 0.25) is 0 Å². The predicted octanol–water partition coefficient (Wildman–Crippen LogP) is 2.19. The summed E-state index contributed by atoms with van der Waals surface area (Å²) in [5, 5.41) is 9.15. The van der Waals surface area contributed by atoms with Crippen molar-refractivity contribution in [2.75, 3.05) is 20.3 Å². The van der Waals surface area contributed by atoms with Crippen molar-refractivity contribution in [3.05, 3.63) is 18.3 Å². The number of ether oxygens (including phenoxy) is 1. The van der Waals surface area contributed by atoms with Crippen LogP contribution >= 0.6 is 0 Å². The molecule has 0 aliphatic heterocycles. The number of aromatic nitrogens is 1. The normalized spacial score (nSPS) is 22.2. The van der Waals surface area contributed by atoms with Crippen molar-refractivity contribution >= 4 is 10.0 Å². The largest absolute Gasteiger partial charge is 0.468 e. The van der Waals surface area contributed by atoms with E-state index in [0.29, 0.717) is 12.8 Å². The molecule has 1 aromatic rings. The smallest absolute Gasteiger partial charge is 0.422 e. The molecule has 10 heteroatoms. The molecule has 0 saturated heterocycles. The van der Waals surface area contributed by atoms with Crippen molar-refractivity contribution in [1.82, 2.24) is 9.29 Å². The number of aliphatic hydroxyl groups excluding tert-OH is 1. The zero-order chi connectivity index (χ0) is 18.7. The van der Waals surface area contributed by atoms with Gasteiger partial charge in [-0.3, -0.25) is 0 Å². The molecule has 1 aliphatic rings. The molecular weight excluding hydrogens is 361 g/mol. The Bertz CT molecular complexity index is 656. The van der Waals surface area contributed by atoms with E-state index in [0.717, 1.165) is 25.1 Å². The third kappa shape index (κ3) is 5.29. The van der Waals surface area contributed by atoms with Crippen molar-refractivity contribution in [3.63, 3.8) is 0 Å². The first-order chi connectivity index (χ1) is 11.6. The van der Waals surface area contributed by atoms with Crippen LogP contribution in [0, 0.1) is 5.92 Å². The summed E-state index contributed by atoms with van der Waals surface area (Å²) < 4.78 is 67.3. The van der Waals surface area contributed by atoms with E-state index in [1.54, 1.807) is 0 Å². The highest BCUT2D eigenvalue weighted by molar-refractivity contribution is 7.89. The van der Waals surface area contributed by atoms with Gasteiger partial charge in [-0.15, -0.1) is 0 Å². The lowest BCUT2D eigenvalue weighted by molar-refractivity contribution is -0.154. The van der Waals surface area contributed by atoms with Crippen LogP contribution < -0.4 is 4.74 Å². The average molecular weight is 382 g/mol. The van der Waals surface area contributed by atoms with E-state index in [-0.39, 0.29) is 29.3 Å². The van der Waals surface area contributed by atoms with E-state index in [4.69, 9.17) is 5.11 Å². The summed E-state index contributed by atoms with van der Waals surface area (Å²) in [4.78, 5) is 3.54. The van der Waals surface area contributed by atoms with Gasteiger partial charge in [-0.2, -0.15) is 17.5 Å². The Morgan fingerprint density at radius 1 is 1.28 bits per heavy atom. The zero-order valence-corrected chi connectivity index (χ0v) is 14.6. The first-order valence-electron chi connectivity index (χ1n) is 7.88. The van der Waals surface area contributed by atoms with Crippen molar-refractivity contribution in [3.8, 4) is 5.88 Å². The molecule has 0 radical (unpaired) electrons. The first kappa shape index (κ1) is 19.9. The quantitative estimate of drug-likeness (QED) is 0.816. The molecule has 142 valence electrons. The molecule has 0 unspecified atom stereocenters. The Balaban J connectivity index is 2.03. The Morgan fingerprint density at radius 2 is 1.92 bits per heavy atom. The summed E-state index contributed by atoms with van der Waals surface area (Å²) in [6.45, 7) is -1.38. The number of pyridine rings is 1. The second kappa shape index (κ2) is 7.88. The standard InChI is InChI=1S/C15H21F3N2O4S/c1-20(12-4-2-11(9-21)3-5-12)25(22,23)13-6-7-14(19-8-13)24-10-15(16,17)18/h6-8,11-12,21H,2-5,9-10H2,1H3. The van der Waals surface area contributed by atoms with Crippen LogP contribution in [0.15, 0.2) is 23.2 Å². The molecule has 25 heavy (non-hydrogen) atoms. The van der Waals surface area contributed by atoms with E-state index in [9.17, 15) is 21.6 Å². The highest BCUT2D eigenvalue weighted by atomic mass is 32.2. The molecule has 0 spiro atoms. The molecule has 0 atom stereocenters. The van der Waals surface area contributed by atoms with Crippen LogP contribution in [0.3, 0.4) is 0 Å². The van der Waals surface area contributed by atoms with Crippen LogP contribution in [-0.2, 0) is 10.0 Å². The second-order valence-electron chi connectivity index (χ2n) is 6.11. The van der Waals surface area contributed by atoms with Gasteiger partial charge in [0, 0.05) is 25.8 Å². The Kier molecular flexibility index (Phi) is 6.28. The SMILES string of the molecule is CN(C1CCC(CO)CC1)S(=O)(=O)c1ccc(OCC(F)(F)F)nc1. The topological polar surface area (TPSA) is 79.7 Å². The lowest BCUT2D eigenvalue weighted by Gasteiger charge is -2.33. The summed E-state index contributed by atoms with van der Waals surface area (Å²) in [6, 6.07) is 2.12. The molecule has 2 rings (SSSR count). The maximum Gasteiger partial charge on any atom is 0.422 e. The lowest BCUT2D eigenvalue weighted by Crippen LogP contribution is -2.39. The fraction of sp³-hybridized carbons (Fsp3) is 0.667. The molecule has 1 N–H and O–H groups in total. The third-order valence-corrected chi connectivity index (χ3v) is 6.25. The molecule has 1 aliphatic carbocycles. The van der Waals surface area contributed by atoms with Crippen LogP contribution in [0.25, 0.3) is 0 Å². The van der Waals surface area contributed by atoms with E-state index in [1.807, 2.05) is 0 Å². The number of hydrogen-bond acceptors (Lipinski definition) is 5. The van der Waals surface area contributed by atoms with Crippen LogP contribution in [0.4, 0.5) is 13.2 Å². The number of rotatable bonds is 6. The van der Waals surface area contributed by atoms with E-state index in [2.05, 4.69) is 9.72 Å². The van der Waals surface area contributed by atoms with Gasteiger partial charge < -0.3 is 9.84 Å².